The minimum absolute atomic E-state index is 0.0760. The molecule has 0 unspecified atom stereocenters. The summed E-state index contributed by atoms with van der Waals surface area (Å²) >= 11 is 1.39. The van der Waals surface area contributed by atoms with Crippen LogP contribution in [0.15, 0.2) is 64.4 Å². The summed E-state index contributed by atoms with van der Waals surface area (Å²) in [7, 11) is 0. The van der Waals surface area contributed by atoms with Crippen LogP contribution in [0.5, 0.6) is 0 Å². The van der Waals surface area contributed by atoms with Crippen LogP contribution in [0.25, 0.3) is 22.2 Å². The standard InChI is InChI=1S/C20H16N2O2S/c1-13-9-10-18(24-13)17-12-25-20(21-17)22-19(23)11-15-7-4-6-14-5-2-3-8-16(14)15/h2-10,12H,11H2,1H3,(H,21,22,23). The Balaban J connectivity index is 1.50. The van der Waals surface area contributed by atoms with Crippen LogP contribution >= 0.6 is 11.3 Å². The zero-order valence-corrected chi connectivity index (χ0v) is 14.5. The van der Waals surface area contributed by atoms with E-state index < -0.39 is 0 Å². The van der Waals surface area contributed by atoms with Gasteiger partial charge in [0.2, 0.25) is 5.91 Å². The quantitative estimate of drug-likeness (QED) is 0.562. The lowest BCUT2D eigenvalue weighted by molar-refractivity contribution is -0.115. The van der Waals surface area contributed by atoms with Gasteiger partial charge in [0.1, 0.15) is 11.5 Å². The molecule has 25 heavy (non-hydrogen) atoms. The summed E-state index contributed by atoms with van der Waals surface area (Å²) in [6.45, 7) is 1.89. The highest BCUT2D eigenvalue weighted by atomic mass is 32.1. The molecule has 4 aromatic rings. The largest absolute Gasteiger partial charge is 0.460 e. The predicted molar refractivity (Wildman–Crippen MR) is 101 cm³/mol. The summed E-state index contributed by atoms with van der Waals surface area (Å²) < 4.78 is 5.56. The van der Waals surface area contributed by atoms with Gasteiger partial charge in [0.15, 0.2) is 10.9 Å². The van der Waals surface area contributed by atoms with E-state index in [2.05, 4.69) is 22.4 Å². The van der Waals surface area contributed by atoms with Gasteiger partial charge in [0, 0.05) is 5.38 Å². The number of rotatable bonds is 4. The summed E-state index contributed by atoms with van der Waals surface area (Å²) in [6.07, 6.45) is 0.316. The topological polar surface area (TPSA) is 55.1 Å². The number of nitrogens with zero attached hydrogens (tertiary/aromatic N) is 1. The molecule has 0 bridgehead atoms. The van der Waals surface area contributed by atoms with Gasteiger partial charge in [-0.3, -0.25) is 4.79 Å². The van der Waals surface area contributed by atoms with Gasteiger partial charge in [-0.15, -0.1) is 11.3 Å². The molecular formula is C20H16N2O2S. The van der Waals surface area contributed by atoms with Gasteiger partial charge in [-0.2, -0.15) is 0 Å². The van der Waals surface area contributed by atoms with Gasteiger partial charge in [0.05, 0.1) is 6.42 Å². The minimum atomic E-state index is -0.0760. The molecule has 1 N–H and O–H groups in total. The first-order chi connectivity index (χ1) is 12.2. The van der Waals surface area contributed by atoms with Crippen molar-refractivity contribution in [1.29, 1.82) is 0 Å². The van der Waals surface area contributed by atoms with Crippen molar-refractivity contribution in [3.05, 3.63) is 71.3 Å². The van der Waals surface area contributed by atoms with Crippen LogP contribution in [-0.4, -0.2) is 10.9 Å². The average molecular weight is 348 g/mol. The summed E-state index contributed by atoms with van der Waals surface area (Å²) in [6, 6.07) is 17.9. The highest BCUT2D eigenvalue weighted by Gasteiger charge is 2.12. The summed E-state index contributed by atoms with van der Waals surface area (Å²) in [5.74, 6) is 1.47. The fraction of sp³-hybridized carbons (Fsp3) is 0.100. The van der Waals surface area contributed by atoms with Crippen LogP contribution < -0.4 is 5.32 Å². The second kappa shape index (κ2) is 6.53. The molecule has 0 aliphatic rings. The Morgan fingerprint density at radius 2 is 1.96 bits per heavy atom. The molecule has 4 rings (SSSR count). The van der Waals surface area contributed by atoms with Gasteiger partial charge in [0.25, 0.3) is 0 Å². The monoisotopic (exact) mass is 348 g/mol. The Labute approximate surface area is 149 Å². The molecule has 2 aromatic heterocycles. The van der Waals surface area contributed by atoms with E-state index in [-0.39, 0.29) is 5.91 Å². The molecule has 0 saturated heterocycles. The fourth-order valence-electron chi connectivity index (χ4n) is 2.80. The molecule has 0 atom stereocenters. The number of benzene rings is 2. The number of fused-ring (bicyclic) bond motifs is 1. The lowest BCUT2D eigenvalue weighted by Gasteiger charge is -2.06. The first kappa shape index (κ1) is 15.6. The van der Waals surface area contributed by atoms with E-state index in [0.717, 1.165) is 27.8 Å². The third-order valence-corrected chi connectivity index (χ3v) is 4.73. The van der Waals surface area contributed by atoms with Crippen LogP contribution in [0, 0.1) is 6.92 Å². The number of aromatic nitrogens is 1. The highest BCUT2D eigenvalue weighted by molar-refractivity contribution is 7.14. The van der Waals surface area contributed by atoms with Crippen molar-refractivity contribution in [3.63, 3.8) is 0 Å². The normalized spacial score (nSPS) is 10.9. The third-order valence-electron chi connectivity index (χ3n) is 3.97. The second-order valence-corrected chi connectivity index (χ2v) is 6.67. The molecule has 5 heteroatoms. The molecule has 0 aliphatic carbocycles. The fourth-order valence-corrected chi connectivity index (χ4v) is 3.52. The molecule has 0 radical (unpaired) electrons. The molecule has 0 saturated carbocycles. The van der Waals surface area contributed by atoms with E-state index in [1.807, 2.05) is 54.8 Å². The predicted octanol–water partition coefficient (Wildman–Crippen LogP) is 5.05. The van der Waals surface area contributed by atoms with Gasteiger partial charge < -0.3 is 9.73 Å². The van der Waals surface area contributed by atoms with E-state index in [9.17, 15) is 4.79 Å². The third kappa shape index (κ3) is 3.32. The first-order valence-corrected chi connectivity index (χ1v) is 8.86. The van der Waals surface area contributed by atoms with Crippen LogP contribution in [0.3, 0.4) is 0 Å². The molecule has 2 aromatic carbocycles. The SMILES string of the molecule is Cc1ccc(-c2csc(NC(=O)Cc3cccc4ccccc34)n2)o1. The smallest absolute Gasteiger partial charge is 0.230 e. The summed E-state index contributed by atoms with van der Waals surface area (Å²) in [4.78, 5) is 16.8. The lowest BCUT2D eigenvalue weighted by atomic mass is 10.0. The molecule has 2 heterocycles. The number of hydrogen-bond donors (Lipinski definition) is 1. The number of anilines is 1. The number of aryl methyl sites for hydroxylation is 1. The summed E-state index contributed by atoms with van der Waals surface area (Å²) in [5, 5.41) is 7.58. The van der Waals surface area contributed by atoms with E-state index in [0.29, 0.717) is 17.3 Å². The van der Waals surface area contributed by atoms with Gasteiger partial charge in [-0.05, 0) is 35.4 Å². The van der Waals surface area contributed by atoms with E-state index >= 15 is 0 Å². The minimum Gasteiger partial charge on any atom is -0.460 e. The number of furan rings is 1. The number of carbonyl (C=O) groups excluding carboxylic acids is 1. The Morgan fingerprint density at radius 1 is 1.12 bits per heavy atom. The van der Waals surface area contributed by atoms with Crippen molar-refractivity contribution in [2.75, 3.05) is 5.32 Å². The van der Waals surface area contributed by atoms with Crippen molar-refractivity contribution in [3.8, 4) is 11.5 Å². The lowest BCUT2D eigenvalue weighted by Crippen LogP contribution is -2.14. The average Bonchev–Trinajstić information content (AvgIpc) is 3.24. The van der Waals surface area contributed by atoms with Crippen LogP contribution in [0.2, 0.25) is 0 Å². The zero-order chi connectivity index (χ0) is 17.2. The molecular weight excluding hydrogens is 332 g/mol. The van der Waals surface area contributed by atoms with Gasteiger partial charge >= 0.3 is 0 Å². The number of hydrogen-bond acceptors (Lipinski definition) is 4. The van der Waals surface area contributed by atoms with Crippen molar-refractivity contribution in [2.45, 2.75) is 13.3 Å². The van der Waals surface area contributed by atoms with Crippen molar-refractivity contribution >= 4 is 33.1 Å². The molecule has 0 spiro atoms. The maximum absolute atomic E-state index is 12.4. The Morgan fingerprint density at radius 3 is 2.80 bits per heavy atom. The van der Waals surface area contributed by atoms with Crippen LogP contribution in [0.4, 0.5) is 5.13 Å². The zero-order valence-electron chi connectivity index (χ0n) is 13.7. The molecule has 124 valence electrons. The van der Waals surface area contributed by atoms with Gasteiger partial charge in [-0.1, -0.05) is 42.5 Å². The van der Waals surface area contributed by atoms with E-state index in [1.165, 1.54) is 11.3 Å². The number of carbonyl (C=O) groups is 1. The van der Waals surface area contributed by atoms with Crippen molar-refractivity contribution < 1.29 is 9.21 Å². The first-order valence-electron chi connectivity index (χ1n) is 7.98. The summed E-state index contributed by atoms with van der Waals surface area (Å²) in [5.41, 5.74) is 1.74. The second-order valence-electron chi connectivity index (χ2n) is 5.81. The van der Waals surface area contributed by atoms with Crippen molar-refractivity contribution in [1.82, 2.24) is 4.98 Å². The highest BCUT2D eigenvalue weighted by Crippen LogP contribution is 2.26. The Hall–Kier alpha value is -2.92. The number of amides is 1. The van der Waals surface area contributed by atoms with Crippen LogP contribution in [-0.2, 0) is 11.2 Å². The molecule has 4 nitrogen and oxygen atoms in total. The molecule has 0 aliphatic heterocycles. The maximum Gasteiger partial charge on any atom is 0.230 e. The van der Waals surface area contributed by atoms with E-state index in [1.54, 1.807) is 0 Å². The Kier molecular flexibility index (Phi) is 4.07. The molecule has 1 amide bonds. The molecule has 0 fully saturated rings. The number of thiazole rings is 1. The number of nitrogens with one attached hydrogen (secondary N) is 1. The van der Waals surface area contributed by atoms with Crippen LogP contribution in [0.1, 0.15) is 11.3 Å². The van der Waals surface area contributed by atoms with E-state index in [4.69, 9.17) is 4.42 Å². The van der Waals surface area contributed by atoms with Gasteiger partial charge in [-0.25, -0.2) is 4.98 Å². The Bertz CT molecular complexity index is 1040. The maximum atomic E-state index is 12.4. The van der Waals surface area contributed by atoms with Crippen molar-refractivity contribution in [2.24, 2.45) is 0 Å².